The van der Waals surface area contributed by atoms with E-state index in [9.17, 15) is 0 Å². The van der Waals surface area contributed by atoms with Crippen molar-refractivity contribution in [3.63, 3.8) is 0 Å². The zero-order valence-electron chi connectivity index (χ0n) is 5.93. The Morgan fingerprint density at radius 1 is 1.60 bits per heavy atom. The quantitative estimate of drug-likeness (QED) is 0.744. The third-order valence-electron chi connectivity index (χ3n) is 1.35. The molecule has 0 unspecified atom stereocenters. The average Bonchev–Trinajstić information content (AvgIpc) is 2.34. The Morgan fingerprint density at radius 2 is 2.30 bits per heavy atom. The maximum atomic E-state index is 5.14. The van der Waals surface area contributed by atoms with Crippen molar-refractivity contribution in [1.29, 1.82) is 0 Å². The molecule has 0 fully saturated rings. The van der Waals surface area contributed by atoms with Crippen LogP contribution >= 0.6 is 27.3 Å². The standard InChI is InChI=1S/C7H9BrOS/c1-5(9-2)6-3-4-7(8)10-6/h3-5H,1-2H3/t5-/m0/s1. The van der Waals surface area contributed by atoms with Crippen molar-refractivity contribution in [3.05, 3.63) is 20.8 Å². The van der Waals surface area contributed by atoms with E-state index in [0.717, 1.165) is 3.79 Å². The number of rotatable bonds is 2. The van der Waals surface area contributed by atoms with Gasteiger partial charge < -0.3 is 4.74 Å². The van der Waals surface area contributed by atoms with Crippen LogP contribution in [0.2, 0.25) is 0 Å². The molecule has 0 amide bonds. The molecule has 3 heteroatoms. The monoisotopic (exact) mass is 220 g/mol. The molecule has 0 spiro atoms. The fraction of sp³-hybridized carbons (Fsp3) is 0.429. The molecule has 10 heavy (non-hydrogen) atoms. The van der Waals surface area contributed by atoms with Gasteiger partial charge in [0.2, 0.25) is 0 Å². The van der Waals surface area contributed by atoms with E-state index in [1.54, 1.807) is 18.4 Å². The molecule has 0 aliphatic heterocycles. The van der Waals surface area contributed by atoms with Crippen LogP contribution in [0.25, 0.3) is 0 Å². The molecule has 0 aromatic carbocycles. The number of hydrogen-bond donors (Lipinski definition) is 0. The van der Waals surface area contributed by atoms with E-state index in [0.29, 0.717) is 0 Å². The smallest absolute Gasteiger partial charge is 0.0885 e. The van der Waals surface area contributed by atoms with E-state index in [-0.39, 0.29) is 6.10 Å². The van der Waals surface area contributed by atoms with Gasteiger partial charge in [0.25, 0.3) is 0 Å². The van der Waals surface area contributed by atoms with E-state index >= 15 is 0 Å². The zero-order valence-corrected chi connectivity index (χ0v) is 8.33. The highest BCUT2D eigenvalue weighted by Crippen LogP contribution is 2.28. The molecule has 0 aliphatic carbocycles. The number of halogens is 1. The van der Waals surface area contributed by atoms with Crippen LogP contribution < -0.4 is 0 Å². The van der Waals surface area contributed by atoms with Crippen LogP contribution in [-0.2, 0) is 4.74 Å². The van der Waals surface area contributed by atoms with Crippen molar-refractivity contribution in [2.75, 3.05) is 7.11 Å². The summed E-state index contributed by atoms with van der Waals surface area (Å²) in [4.78, 5) is 1.26. The Bertz CT molecular complexity index is 209. The van der Waals surface area contributed by atoms with E-state index in [1.807, 2.05) is 13.0 Å². The van der Waals surface area contributed by atoms with Gasteiger partial charge in [-0.25, -0.2) is 0 Å². The zero-order chi connectivity index (χ0) is 7.56. The van der Waals surface area contributed by atoms with Crippen LogP contribution in [0.15, 0.2) is 15.9 Å². The maximum absolute atomic E-state index is 5.14. The summed E-state index contributed by atoms with van der Waals surface area (Å²) in [7, 11) is 1.72. The summed E-state index contributed by atoms with van der Waals surface area (Å²) in [6, 6.07) is 4.11. The Balaban J connectivity index is 2.74. The van der Waals surface area contributed by atoms with E-state index < -0.39 is 0 Å². The highest BCUT2D eigenvalue weighted by atomic mass is 79.9. The molecule has 1 aromatic rings. The predicted octanol–water partition coefficient (Wildman–Crippen LogP) is 3.22. The maximum Gasteiger partial charge on any atom is 0.0885 e. The summed E-state index contributed by atoms with van der Waals surface area (Å²) >= 11 is 5.10. The minimum Gasteiger partial charge on any atom is -0.376 e. The molecule has 1 heterocycles. The summed E-state index contributed by atoms with van der Waals surface area (Å²) in [5, 5.41) is 0. The number of methoxy groups -OCH3 is 1. The van der Waals surface area contributed by atoms with E-state index in [1.165, 1.54) is 4.88 Å². The van der Waals surface area contributed by atoms with Crippen molar-refractivity contribution in [1.82, 2.24) is 0 Å². The molecule has 0 saturated carbocycles. The first kappa shape index (κ1) is 8.24. The van der Waals surface area contributed by atoms with Gasteiger partial charge in [-0.1, -0.05) is 0 Å². The van der Waals surface area contributed by atoms with Crippen LogP contribution in [0.3, 0.4) is 0 Å². The normalized spacial score (nSPS) is 13.5. The second kappa shape index (κ2) is 3.51. The Hall–Kier alpha value is 0.140. The number of hydrogen-bond acceptors (Lipinski definition) is 2. The topological polar surface area (TPSA) is 9.23 Å². The van der Waals surface area contributed by atoms with Crippen LogP contribution in [-0.4, -0.2) is 7.11 Å². The first-order chi connectivity index (χ1) is 4.74. The second-order valence-electron chi connectivity index (χ2n) is 2.02. The van der Waals surface area contributed by atoms with Crippen molar-refractivity contribution in [2.45, 2.75) is 13.0 Å². The summed E-state index contributed by atoms with van der Waals surface area (Å²) in [6.45, 7) is 2.04. The third kappa shape index (κ3) is 1.81. The lowest BCUT2D eigenvalue weighted by Crippen LogP contribution is -1.90. The molecule has 0 N–H and O–H groups in total. The molecule has 0 aliphatic rings. The lowest BCUT2D eigenvalue weighted by Gasteiger charge is -2.04. The summed E-state index contributed by atoms with van der Waals surface area (Å²) in [6.07, 6.45) is 0.219. The Labute approximate surface area is 73.1 Å². The minimum atomic E-state index is 0.219. The first-order valence-electron chi connectivity index (χ1n) is 3.02. The third-order valence-corrected chi connectivity index (χ3v) is 3.13. The van der Waals surface area contributed by atoms with Crippen molar-refractivity contribution in [2.24, 2.45) is 0 Å². The predicted molar refractivity (Wildman–Crippen MR) is 47.4 cm³/mol. The highest BCUT2D eigenvalue weighted by Gasteiger charge is 2.04. The summed E-state index contributed by atoms with van der Waals surface area (Å²) in [5.41, 5.74) is 0. The van der Waals surface area contributed by atoms with Gasteiger partial charge in [0.15, 0.2) is 0 Å². The molecule has 0 bridgehead atoms. The van der Waals surface area contributed by atoms with Gasteiger partial charge in [-0.2, -0.15) is 0 Å². The van der Waals surface area contributed by atoms with Crippen LogP contribution in [0.1, 0.15) is 17.9 Å². The highest BCUT2D eigenvalue weighted by molar-refractivity contribution is 9.11. The lowest BCUT2D eigenvalue weighted by atomic mass is 10.3. The number of thiophene rings is 1. The van der Waals surface area contributed by atoms with E-state index in [2.05, 4.69) is 22.0 Å². The fourth-order valence-corrected chi connectivity index (χ4v) is 2.12. The molecular formula is C7H9BrOS. The van der Waals surface area contributed by atoms with Crippen molar-refractivity contribution in [3.8, 4) is 0 Å². The lowest BCUT2D eigenvalue weighted by molar-refractivity contribution is 0.122. The summed E-state index contributed by atoms with van der Waals surface area (Å²) < 4.78 is 6.30. The molecular weight excluding hydrogens is 212 g/mol. The Morgan fingerprint density at radius 3 is 2.70 bits per heavy atom. The van der Waals surface area contributed by atoms with Gasteiger partial charge in [0.1, 0.15) is 0 Å². The van der Waals surface area contributed by atoms with Gasteiger partial charge in [0, 0.05) is 12.0 Å². The molecule has 1 rings (SSSR count). The second-order valence-corrected chi connectivity index (χ2v) is 4.51. The largest absolute Gasteiger partial charge is 0.376 e. The van der Waals surface area contributed by atoms with Crippen LogP contribution in [0, 0.1) is 0 Å². The SMILES string of the molecule is CO[C@@H](C)c1ccc(Br)s1. The van der Waals surface area contributed by atoms with Gasteiger partial charge in [-0.3, -0.25) is 0 Å². The summed E-state index contributed by atoms with van der Waals surface area (Å²) in [5.74, 6) is 0. The van der Waals surface area contributed by atoms with Gasteiger partial charge >= 0.3 is 0 Å². The molecule has 0 saturated heterocycles. The Kier molecular flexibility index (Phi) is 2.89. The van der Waals surface area contributed by atoms with Crippen LogP contribution in [0.5, 0.6) is 0 Å². The molecule has 1 atom stereocenters. The molecule has 1 aromatic heterocycles. The van der Waals surface area contributed by atoms with Gasteiger partial charge in [0.05, 0.1) is 9.89 Å². The number of ether oxygens (including phenoxy) is 1. The minimum absolute atomic E-state index is 0.219. The van der Waals surface area contributed by atoms with E-state index in [4.69, 9.17) is 4.74 Å². The van der Waals surface area contributed by atoms with Crippen LogP contribution in [0.4, 0.5) is 0 Å². The first-order valence-corrected chi connectivity index (χ1v) is 4.63. The van der Waals surface area contributed by atoms with Gasteiger partial charge in [-0.15, -0.1) is 11.3 Å². The molecule has 1 nitrogen and oxygen atoms in total. The molecule has 0 radical (unpaired) electrons. The van der Waals surface area contributed by atoms with Crippen molar-refractivity contribution >= 4 is 27.3 Å². The van der Waals surface area contributed by atoms with Gasteiger partial charge in [-0.05, 0) is 35.0 Å². The molecule has 56 valence electrons. The average molecular weight is 221 g/mol. The van der Waals surface area contributed by atoms with Crippen molar-refractivity contribution < 1.29 is 4.74 Å². The fourth-order valence-electron chi connectivity index (χ4n) is 0.663.